The van der Waals surface area contributed by atoms with Crippen LogP contribution < -0.4 is 5.32 Å². The van der Waals surface area contributed by atoms with Crippen molar-refractivity contribution in [1.29, 1.82) is 0 Å². The molecule has 1 aliphatic heterocycles. The molecule has 98 valence electrons. The van der Waals surface area contributed by atoms with Crippen molar-refractivity contribution in [1.82, 2.24) is 10.2 Å². The van der Waals surface area contributed by atoms with Gasteiger partial charge in [-0.15, -0.1) is 0 Å². The first-order valence-corrected chi connectivity index (χ1v) is 6.52. The van der Waals surface area contributed by atoms with Gasteiger partial charge in [-0.25, -0.2) is 0 Å². The van der Waals surface area contributed by atoms with Crippen LogP contribution in [0.3, 0.4) is 0 Å². The highest BCUT2D eigenvalue weighted by Gasteiger charge is 2.36. The number of nitrogens with zero attached hydrogens (tertiary/aromatic N) is 1. The fourth-order valence-corrected chi connectivity index (χ4v) is 2.26. The quantitative estimate of drug-likeness (QED) is 0.760. The van der Waals surface area contributed by atoms with E-state index in [9.17, 15) is 4.79 Å². The van der Waals surface area contributed by atoms with Gasteiger partial charge in [-0.2, -0.15) is 0 Å². The van der Waals surface area contributed by atoms with E-state index >= 15 is 0 Å². The molecule has 1 unspecified atom stereocenters. The summed E-state index contributed by atoms with van der Waals surface area (Å²) in [4.78, 5) is 14.4. The average Bonchev–Trinajstić information content (AvgIpc) is 2.68. The minimum atomic E-state index is 0.0902. The number of hydrogen-bond acceptors (Lipinski definition) is 2. The number of likely N-dealkylation sites (tertiary alicyclic amines) is 1. The van der Waals surface area contributed by atoms with Gasteiger partial charge in [-0.05, 0) is 26.3 Å². The maximum atomic E-state index is 12.4. The molecule has 1 N–H and O–H groups in total. The second-order valence-electron chi connectivity index (χ2n) is 5.60. The number of carbonyl (C=O) groups excluding carboxylic acids is 1. The molecule has 0 aromatic rings. The van der Waals surface area contributed by atoms with Crippen LogP contribution in [0.5, 0.6) is 0 Å². The molecule has 3 heteroatoms. The van der Waals surface area contributed by atoms with E-state index in [1.54, 1.807) is 0 Å². The predicted molar refractivity (Wildman–Crippen MR) is 71.8 cm³/mol. The Labute approximate surface area is 105 Å². The van der Waals surface area contributed by atoms with Crippen LogP contribution in [0.2, 0.25) is 0 Å². The van der Waals surface area contributed by atoms with Crippen LogP contribution in [-0.4, -0.2) is 36.5 Å². The predicted octanol–water partition coefficient (Wildman–Crippen LogP) is 2.04. The highest BCUT2D eigenvalue weighted by Crippen LogP contribution is 2.27. The third-order valence-electron chi connectivity index (χ3n) is 4.00. The van der Waals surface area contributed by atoms with Gasteiger partial charge in [0.25, 0.3) is 0 Å². The van der Waals surface area contributed by atoms with Crippen molar-refractivity contribution in [2.75, 3.05) is 13.6 Å². The van der Waals surface area contributed by atoms with Gasteiger partial charge in [0.1, 0.15) is 0 Å². The molecule has 1 fully saturated rings. The summed E-state index contributed by atoms with van der Waals surface area (Å²) in [6.45, 7) is 13.1. The van der Waals surface area contributed by atoms with Crippen LogP contribution in [0.4, 0.5) is 0 Å². The van der Waals surface area contributed by atoms with Crippen molar-refractivity contribution < 1.29 is 4.79 Å². The lowest BCUT2D eigenvalue weighted by Gasteiger charge is -2.32. The summed E-state index contributed by atoms with van der Waals surface area (Å²) in [6, 6.07) is 0.582. The molecule has 17 heavy (non-hydrogen) atoms. The highest BCUT2D eigenvalue weighted by molar-refractivity contribution is 5.80. The molecule has 0 aliphatic carbocycles. The molecule has 0 aromatic carbocycles. The smallest absolute Gasteiger partial charge is 0.226 e. The molecule has 0 bridgehead atoms. The Morgan fingerprint density at radius 1 is 1.41 bits per heavy atom. The van der Waals surface area contributed by atoms with Crippen molar-refractivity contribution in [3.8, 4) is 0 Å². The van der Waals surface area contributed by atoms with Gasteiger partial charge >= 0.3 is 0 Å². The van der Waals surface area contributed by atoms with Crippen LogP contribution in [0.15, 0.2) is 12.2 Å². The molecule has 3 nitrogen and oxygen atoms in total. The second kappa shape index (κ2) is 5.67. The summed E-state index contributed by atoms with van der Waals surface area (Å²) in [6.07, 6.45) is 0.929. The lowest BCUT2D eigenvalue weighted by molar-refractivity contribution is -0.137. The van der Waals surface area contributed by atoms with Gasteiger partial charge < -0.3 is 10.2 Å². The summed E-state index contributed by atoms with van der Waals surface area (Å²) in [7, 11) is 1.94. The van der Waals surface area contributed by atoms with E-state index in [0.717, 1.165) is 13.0 Å². The lowest BCUT2D eigenvalue weighted by atomic mass is 9.95. The molecule has 1 amide bonds. The van der Waals surface area contributed by atoms with Gasteiger partial charge in [0.15, 0.2) is 0 Å². The molecule has 1 heterocycles. The molecule has 1 rings (SSSR count). The van der Waals surface area contributed by atoms with Crippen LogP contribution in [-0.2, 0) is 4.79 Å². The largest absolute Gasteiger partial charge is 0.334 e. The summed E-state index contributed by atoms with van der Waals surface area (Å²) in [5.74, 6) is 0.750. The Bertz CT molecular complexity index is 299. The van der Waals surface area contributed by atoms with Crippen molar-refractivity contribution >= 4 is 5.91 Å². The van der Waals surface area contributed by atoms with Crippen molar-refractivity contribution in [2.45, 2.75) is 46.2 Å². The number of amides is 1. The fourth-order valence-electron chi connectivity index (χ4n) is 2.26. The number of likely N-dealkylation sites (N-methyl/N-ethyl adjacent to an activating group) is 1. The van der Waals surface area contributed by atoms with E-state index in [0.29, 0.717) is 12.0 Å². The first-order valence-electron chi connectivity index (χ1n) is 6.52. The molecule has 0 radical (unpaired) electrons. The average molecular weight is 238 g/mol. The normalized spacial score (nSPS) is 24.2. The van der Waals surface area contributed by atoms with E-state index in [2.05, 4.69) is 32.7 Å². The molecular weight excluding hydrogens is 212 g/mol. The zero-order chi connectivity index (χ0) is 13.2. The van der Waals surface area contributed by atoms with E-state index in [1.165, 1.54) is 5.57 Å². The first-order chi connectivity index (χ1) is 7.88. The fraction of sp³-hybridized carbons (Fsp3) is 0.786. The first kappa shape index (κ1) is 14.2. The maximum Gasteiger partial charge on any atom is 0.226 e. The van der Waals surface area contributed by atoms with Gasteiger partial charge in [0.2, 0.25) is 5.91 Å². The molecular formula is C14H26N2O. The van der Waals surface area contributed by atoms with Crippen LogP contribution in [0, 0.1) is 11.8 Å². The van der Waals surface area contributed by atoms with E-state index < -0.39 is 0 Å². The molecule has 0 saturated carbocycles. The summed E-state index contributed by atoms with van der Waals surface area (Å²) in [5, 5.41) is 3.25. The Kier molecular flexibility index (Phi) is 4.75. The third kappa shape index (κ3) is 3.09. The Hall–Kier alpha value is -0.830. The number of rotatable bonds is 4. The van der Waals surface area contributed by atoms with E-state index in [-0.39, 0.29) is 17.9 Å². The third-order valence-corrected chi connectivity index (χ3v) is 4.00. The summed E-state index contributed by atoms with van der Waals surface area (Å²) in [5.41, 5.74) is 1.17. The van der Waals surface area contributed by atoms with E-state index in [1.807, 2.05) is 18.9 Å². The highest BCUT2D eigenvalue weighted by atomic mass is 16.2. The minimum absolute atomic E-state index is 0.0902. The second-order valence-corrected chi connectivity index (χ2v) is 5.60. The monoisotopic (exact) mass is 238 g/mol. The minimum Gasteiger partial charge on any atom is -0.334 e. The van der Waals surface area contributed by atoms with Crippen LogP contribution in [0.1, 0.15) is 34.1 Å². The van der Waals surface area contributed by atoms with Gasteiger partial charge in [0, 0.05) is 18.5 Å². The topological polar surface area (TPSA) is 32.3 Å². The summed E-state index contributed by atoms with van der Waals surface area (Å²) >= 11 is 0. The van der Waals surface area contributed by atoms with Crippen LogP contribution >= 0.6 is 0 Å². The van der Waals surface area contributed by atoms with Crippen molar-refractivity contribution in [3.05, 3.63) is 12.2 Å². The van der Waals surface area contributed by atoms with Crippen molar-refractivity contribution in [2.24, 2.45) is 11.8 Å². The number of hydrogen-bond donors (Lipinski definition) is 1. The number of carbonyl (C=O) groups is 1. The standard InChI is InChI=1S/C14H26N2O/c1-9(2)11(4)14(17)16-8-10(3)7-13(16)12(5)15-6/h9,11-13,15H,3,7-8H2,1-2,4-6H3/t11?,12-,13-/m0/s1. The molecule has 0 aromatic heterocycles. The van der Waals surface area contributed by atoms with Gasteiger partial charge in [0.05, 0.1) is 6.04 Å². The SMILES string of the molecule is C=C1C[C@@H]([C@H](C)NC)N(C(=O)C(C)C(C)C)C1. The van der Waals surface area contributed by atoms with Gasteiger partial charge in [-0.3, -0.25) is 4.79 Å². The van der Waals surface area contributed by atoms with Gasteiger partial charge in [-0.1, -0.05) is 32.9 Å². The maximum absolute atomic E-state index is 12.4. The Balaban J connectivity index is 2.80. The molecule has 0 spiro atoms. The Morgan fingerprint density at radius 2 is 2.00 bits per heavy atom. The zero-order valence-electron chi connectivity index (χ0n) is 11.8. The summed E-state index contributed by atoms with van der Waals surface area (Å²) < 4.78 is 0. The van der Waals surface area contributed by atoms with Crippen LogP contribution in [0.25, 0.3) is 0 Å². The molecule has 1 aliphatic rings. The number of nitrogens with one attached hydrogen (secondary N) is 1. The molecule has 1 saturated heterocycles. The molecule has 3 atom stereocenters. The Morgan fingerprint density at radius 3 is 2.47 bits per heavy atom. The van der Waals surface area contributed by atoms with Crippen molar-refractivity contribution in [3.63, 3.8) is 0 Å². The van der Waals surface area contributed by atoms with E-state index in [4.69, 9.17) is 0 Å². The zero-order valence-corrected chi connectivity index (χ0v) is 11.8. The lowest BCUT2D eigenvalue weighted by Crippen LogP contribution is -2.48.